The Bertz CT molecular complexity index is 610. The van der Waals surface area contributed by atoms with Crippen LogP contribution in [-0.2, 0) is 16.1 Å². The van der Waals surface area contributed by atoms with E-state index < -0.39 is 5.97 Å². The lowest BCUT2D eigenvalue weighted by Gasteiger charge is -2.07. The van der Waals surface area contributed by atoms with Crippen molar-refractivity contribution in [2.24, 2.45) is 0 Å². The fourth-order valence-corrected chi connectivity index (χ4v) is 2.25. The first-order valence-electron chi connectivity index (χ1n) is 6.28. The molecule has 0 aliphatic carbocycles. The number of rotatable bonds is 6. The summed E-state index contributed by atoms with van der Waals surface area (Å²) in [6, 6.07) is 9.03. The monoisotopic (exact) mass is 305 g/mol. The Morgan fingerprint density at radius 3 is 2.86 bits per heavy atom. The molecule has 5 nitrogen and oxygen atoms in total. The number of hydrogen-bond donors (Lipinski definition) is 1. The van der Waals surface area contributed by atoms with Gasteiger partial charge in [-0.25, -0.2) is 4.79 Å². The molecule has 2 aromatic rings. The van der Waals surface area contributed by atoms with E-state index in [1.54, 1.807) is 23.9 Å². The van der Waals surface area contributed by atoms with E-state index in [-0.39, 0.29) is 12.5 Å². The number of nitrogens with one attached hydrogen (secondary N) is 1. The Morgan fingerprint density at radius 2 is 2.14 bits per heavy atom. The zero-order chi connectivity index (χ0) is 15.1. The van der Waals surface area contributed by atoms with Crippen LogP contribution in [0.25, 0.3) is 0 Å². The number of benzene rings is 1. The highest BCUT2D eigenvalue weighted by Gasteiger charge is 2.10. The molecule has 1 amide bonds. The minimum absolute atomic E-state index is 0.293. The summed E-state index contributed by atoms with van der Waals surface area (Å²) in [5, 5.41) is 6.14. The van der Waals surface area contributed by atoms with Crippen molar-refractivity contribution in [3.05, 3.63) is 52.2 Å². The van der Waals surface area contributed by atoms with E-state index >= 15 is 0 Å². The van der Waals surface area contributed by atoms with E-state index in [1.807, 2.05) is 24.3 Å². The molecule has 0 saturated heterocycles. The highest BCUT2D eigenvalue weighted by Crippen LogP contribution is 2.12. The Hall–Kier alpha value is -2.34. The molecular weight excluding hydrogens is 290 g/mol. The molecule has 21 heavy (non-hydrogen) atoms. The van der Waals surface area contributed by atoms with Gasteiger partial charge in [0, 0.05) is 11.9 Å². The van der Waals surface area contributed by atoms with E-state index in [4.69, 9.17) is 9.47 Å². The fourth-order valence-electron chi connectivity index (χ4n) is 1.63. The van der Waals surface area contributed by atoms with Crippen LogP contribution in [0.15, 0.2) is 41.1 Å². The van der Waals surface area contributed by atoms with Crippen molar-refractivity contribution in [2.75, 3.05) is 13.7 Å². The maximum Gasteiger partial charge on any atom is 0.339 e. The van der Waals surface area contributed by atoms with Crippen molar-refractivity contribution in [3.63, 3.8) is 0 Å². The summed E-state index contributed by atoms with van der Waals surface area (Å²) in [6.45, 7) is 0.0602. The quantitative estimate of drug-likeness (QED) is 0.831. The lowest BCUT2D eigenvalue weighted by molar-refractivity contribution is -0.124. The van der Waals surface area contributed by atoms with Gasteiger partial charge in [0.15, 0.2) is 6.61 Å². The molecule has 0 radical (unpaired) electrons. The summed E-state index contributed by atoms with van der Waals surface area (Å²) < 4.78 is 10.0. The molecule has 0 saturated carbocycles. The van der Waals surface area contributed by atoms with Crippen LogP contribution >= 0.6 is 11.3 Å². The first-order valence-corrected chi connectivity index (χ1v) is 7.22. The number of carbonyl (C=O) groups is 2. The Kier molecular flexibility index (Phi) is 5.34. The zero-order valence-corrected chi connectivity index (χ0v) is 12.3. The third kappa shape index (κ3) is 4.61. The van der Waals surface area contributed by atoms with Crippen LogP contribution < -0.4 is 10.1 Å². The molecule has 110 valence electrons. The molecule has 0 bridgehead atoms. The van der Waals surface area contributed by atoms with Crippen LogP contribution in [0.2, 0.25) is 0 Å². The van der Waals surface area contributed by atoms with E-state index in [0.717, 1.165) is 11.3 Å². The maximum atomic E-state index is 11.6. The largest absolute Gasteiger partial charge is 0.497 e. The van der Waals surface area contributed by atoms with E-state index in [1.165, 1.54) is 11.3 Å². The number of methoxy groups -OCH3 is 1. The molecule has 2 rings (SSSR count). The van der Waals surface area contributed by atoms with Gasteiger partial charge in [-0.15, -0.1) is 0 Å². The smallest absolute Gasteiger partial charge is 0.339 e. The summed E-state index contributed by atoms with van der Waals surface area (Å²) in [5.74, 6) is -0.111. The second-order valence-corrected chi connectivity index (χ2v) is 5.00. The molecule has 1 aromatic carbocycles. The van der Waals surface area contributed by atoms with Crippen molar-refractivity contribution in [2.45, 2.75) is 6.54 Å². The number of amides is 1. The minimum Gasteiger partial charge on any atom is -0.497 e. The highest BCUT2D eigenvalue weighted by atomic mass is 32.1. The standard InChI is InChI=1S/C15H15NO4S/c1-19-13-4-2-3-11(7-13)8-16-14(17)9-20-15(18)12-5-6-21-10-12/h2-7,10H,8-9H2,1H3,(H,16,17). The van der Waals surface area contributed by atoms with Crippen LogP contribution in [0, 0.1) is 0 Å². The number of thiophene rings is 1. The van der Waals surface area contributed by atoms with Gasteiger partial charge < -0.3 is 14.8 Å². The molecule has 1 heterocycles. The Balaban J connectivity index is 1.75. The topological polar surface area (TPSA) is 64.6 Å². The summed E-state index contributed by atoms with van der Waals surface area (Å²) in [6.07, 6.45) is 0. The minimum atomic E-state index is -0.493. The zero-order valence-electron chi connectivity index (χ0n) is 11.5. The van der Waals surface area contributed by atoms with Gasteiger partial charge in [-0.05, 0) is 29.1 Å². The molecule has 6 heteroatoms. The number of ether oxygens (including phenoxy) is 2. The molecule has 0 aliphatic heterocycles. The molecule has 0 spiro atoms. The molecule has 1 aromatic heterocycles. The van der Waals surface area contributed by atoms with Crippen molar-refractivity contribution < 1.29 is 19.1 Å². The molecule has 1 N–H and O–H groups in total. The highest BCUT2D eigenvalue weighted by molar-refractivity contribution is 7.08. The van der Waals surface area contributed by atoms with Crippen molar-refractivity contribution >= 4 is 23.2 Å². The Morgan fingerprint density at radius 1 is 1.29 bits per heavy atom. The maximum absolute atomic E-state index is 11.6. The van der Waals surface area contributed by atoms with Gasteiger partial charge in [0.05, 0.1) is 12.7 Å². The van der Waals surface area contributed by atoms with Crippen molar-refractivity contribution in [1.82, 2.24) is 5.32 Å². The molecular formula is C15H15NO4S. The first-order chi connectivity index (χ1) is 10.2. The van der Waals surface area contributed by atoms with Gasteiger partial charge in [-0.3, -0.25) is 4.79 Å². The third-order valence-corrected chi connectivity index (χ3v) is 3.40. The second kappa shape index (κ2) is 7.44. The Labute approximate surface area is 126 Å². The summed E-state index contributed by atoms with van der Waals surface area (Å²) in [7, 11) is 1.58. The summed E-state index contributed by atoms with van der Waals surface area (Å²) >= 11 is 1.40. The average molecular weight is 305 g/mol. The lowest BCUT2D eigenvalue weighted by atomic mass is 10.2. The molecule has 0 fully saturated rings. The first kappa shape index (κ1) is 15.1. The molecule has 0 aliphatic rings. The fraction of sp³-hybridized carbons (Fsp3) is 0.200. The van der Waals surface area contributed by atoms with Crippen molar-refractivity contribution in [3.8, 4) is 5.75 Å². The van der Waals surface area contributed by atoms with Crippen LogP contribution in [0.1, 0.15) is 15.9 Å². The van der Waals surface area contributed by atoms with Crippen molar-refractivity contribution in [1.29, 1.82) is 0 Å². The van der Waals surface area contributed by atoms with E-state index in [0.29, 0.717) is 12.1 Å². The molecule has 0 atom stereocenters. The van der Waals surface area contributed by atoms with E-state index in [2.05, 4.69) is 5.32 Å². The van der Waals surface area contributed by atoms with Gasteiger partial charge in [-0.1, -0.05) is 12.1 Å². The van der Waals surface area contributed by atoms with E-state index in [9.17, 15) is 9.59 Å². The van der Waals surface area contributed by atoms with Crippen LogP contribution in [0.5, 0.6) is 5.75 Å². The number of esters is 1. The summed E-state index contributed by atoms with van der Waals surface area (Å²) in [5.41, 5.74) is 1.37. The van der Waals surface area contributed by atoms with Gasteiger partial charge in [0.1, 0.15) is 5.75 Å². The lowest BCUT2D eigenvalue weighted by Crippen LogP contribution is -2.28. The SMILES string of the molecule is COc1cccc(CNC(=O)COC(=O)c2ccsc2)c1. The van der Waals surface area contributed by atoms with Gasteiger partial charge in [-0.2, -0.15) is 11.3 Å². The van der Waals surface area contributed by atoms with Gasteiger partial charge >= 0.3 is 5.97 Å². The van der Waals surface area contributed by atoms with Crippen LogP contribution in [0.4, 0.5) is 0 Å². The molecule has 0 unspecified atom stereocenters. The van der Waals surface area contributed by atoms with Gasteiger partial charge in [0.25, 0.3) is 5.91 Å². The third-order valence-electron chi connectivity index (χ3n) is 2.72. The second-order valence-electron chi connectivity index (χ2n) is 4.22. The summed E-state index contributed by atoms with van der Waals surface area (Å²) in [4.78, 5) is 23.2. The normalized spacial score (nSPS) is 9.95. The number of carbonyl (C=O) groups excluding carboxylic acids is 2. The van der Waals surface area contributed by atoms with Crippen LogP contribution in [-0.4, -0.2) is 25.6 Å². The average Bonchev–Trinajstić information content (AvgIpc) is 3.05. The predicted molar refractivity (Wildman–Crippen MR) is 79.4 cm³/mol. The van der Waals surface area contributed by atoms with Crippen LogP contribution in [0.3, 0.4) is 0 Å². The number of hydrogen-bond acceptors (Lipinski definition) is 5. The predicted octanol–water partition coefficient (Wildman–Crippen LogP) is 2.23. The van der Waals surface area contributed by atoms with Gasteiger partial charge in [0.2, 0.25) is 0 Å².